The van der Waals surface area contributed by atoms with Gasteiger partial charge in [-0.1, -0.05) is 0 Å². The van der Waals surface area contributed by atoms with Gasteiger partial charge in [-0.3, -0.25) is 9.59 Å². The zero-order valence-electron chi connectivity index (χ0n) is 17.3. The lowest BCUT2D eigenvalue weighted by atomic mass is 10.0. The Kier molecular flexibility index (Phi) is 4.53. The fraction of sp³-hybridized carbons (Fsp3) is 0.364. The molecule has 2 N–H and O–H groups in total. The van der Waals surface area contributed by atoms with Crippen molar-refractivity contribution < 1.29 is 19.1 Å². The molecule has 1 fully saturated rings. The molecule has 0 spiro atoms. The smallest absolute Gasteiger partial charge is 0.261 e. The van der Waals surface area contributed by atoms with Crippen LogP contribution < -0.4 is 20.1 Å². The van der Waals surface area contributed by atoms with E-state index in [1.807, 2.05) is 26.0 Å². The highest BCUT2D eigenvalue weighted by Gasteiger charge is 2.32. The number of carbonyl (C=O) groups excluding carboxylic acids is 2. The maximum absolute atomic E-state index is 13.0. The summed E-state index contributed by atoms with van der Waals surface area (Å²) in [5, 5.41) is 9.94. The van der Waals surface area contributed by atoms with Crippen LogP contribution in [0.4, 0.5) is 5.69 Å². The highest BCUT2D eigenvalue weighted by Crippen LogP contribution is 2.41. The van der Waals surface area contributed by atoms with E-state index in [1.165, 1.54) is 6.20 Å². The van der Waals surface area contributed by atoms with Crippen LogP contribution in [0.3, 0.4) is 0 Å². The average molecular weight is 421 g/mol. The minimum atomic E-state index is -0.325. The standard InChI is InChI=1S/C22H23N5O4/c1-22(2)9-14-7-16(26-21(29)15-11-25-27-5-3-4-23-20(15)27)18(8-17(14)31-22)30-12-13-6-19(28)24-10-13/h3-5,7-8,11,13H,6,9-10,12H2,1-2H3,(H,24,28)(H,26,29)/t13-/m0/s1. The first-order valence-electron chi connectivity index (χ1n) is 10.2. The molecular formula is C22H23N5O4. The van der Waals surface area contributed by atoms with E-state index in [4.69, 9.17) is 9.47 Å². The Hall–Kier alpha value is -3.62. The van der Waals surface area contributed by atoms with Crippen LogP contribution in [0.2, 0.25) is 0 Å². The van der Waals surface area contributed by atoms with Gasteiger partial charge in [0.15, 0.2) is 5.65 Å². The molecule has 2 aliphatic heterocycles. The zero-order valence-corrected chi connectivity index (χ0v) is 17.3. The summed E-state index contributed by atoms with van der Waals surface area (Å²) in [4.78, 5) is 28.8. The van der Waals surface area contributed by atoms with Crippen molar-refractivity contribution in [3.8, 4) is 11.5 Å². The molecular weight excluding hydrogens is 398 g/mol. The van der Waals surface area contributed by atoms with Gasteiger partial charge < -0.3 is 20.1 Å². The van der Waals surface area contributed by atoms with E-state index in [1.54, 1.807) is 23.0 Å². The number of nitrogens with one attached hydrogen (secondary N) is 2. The van der Waals surface area contributed by atoms with Crippen LogP contribution in [0.25, 0.3) is 5.65 Å². The van der Waals surface area contributed by atoms with Gasteiger partial charge in [0.25, 0.3) is 5.91 Å². The molecule has 1 atom stereocenters. The van der Waals surface area contributed by atoms with Crippen molar-refractivity contribution in [2.75, 3.05) is 18.5 Å². The minimum Gasteiger partial charge on any atom is -0.491 e. The number of benzene rings is 1. The van der Waals surface area contributed by atoms with E-state index in [-0.39, 0.29) is 23.3 Å². The number of hydrogen-bond donors (Lipinski definition) is 2. The summed E-state index contributed by atoms with van der Waals surface area (Å²) >= 11 is 0. The third-order valence-electron chi connectivity index (χ3n) is 5.47. The molecule has 3 aromatic rings. The summed E-state index contributed by atoms with van der Waals surface area (Å²) in [6, 6.07) is 5.46. The fourth-order valence-corrected chi connectivity index (χ4v) is 4.02. The number of fused-ring (bicyclic) bond motifs is 2. The summed E-state index contributed by atoms with van der Waals surface area (Å²) in [6.45, 7) is 4.99. The molecule has 31 heavy (non-hydrogen) atoms. The first kappa shape index (κ1) is 19.3. The second kappa shape index (κ2) is 7.26. The van der Waals surface area contributed by atoms with Crippen LogP contribution in [0.5, 0.6) is 11.5 Å². The molecule has 160 valence electrons. The first-order valence-corrected chi connectivity index (χ1v) is 10.2. The SMILES string of the molecule is CC1(C)Cc2cc(NC(=O)c3cnn4cccnc34)c(OC[C@@H]3CNC(=O)C3)cc2O1. The number of anilines is 1. The van der Waals surface area contributed by atoms with Gasteiger partial charge in [0.05, 0.1) is 18.5 Å². The molecule has 0 unspecified atom stereocenters. The molecule has 0 saturated carbocycles. The average Bonchev–Trinajstić information content (AvgIpc) is 3.41. The van der Waals surface area contributed by atoms with Gasteiger partial charge in [-0.05, 0) is 26.0 Å². The third kappa shape index (κ3) is 3.78. The maximum atomic E-state index is 13.0. The lowest BCUT2D eigenvalue weighted by Gasteiger charge is -2.18. The Morgan fingerprint density at radius 2 is 2.29 bits per heavy atom. The van der Waals surface area contributed by atoms with E-state index >= 15 is 0 Å². The van der Waals surface area contributed by atoms with Crippen molar-refractivity contribution in [1.29, 1.82) is 0 Å². The highest BCUT2D eigenvalue weighted by atomic mass is 16.5. The minimum absolute atomic E-state index is 0.0294. The normalized spacial score (nSPS) is 19.0. The zero-order chi connectivity index (χ0) is 21.6. The quantitative estimate of drug-likeness (QED) is 0.654. The Bertz CT molecular complexity index is 1190. The van der Waals surface area contributed by atoms with Crippen molar-refractivity contribution in [2.24, 2.45) is 5.92 Å². The molecule has 2 aromatic heterocycles. The maximum Gasteiger partial charge on any atom is 0.261 e. The molecule has 9 nitrogen and oxygen atoms in total. The van der Waals surface area contributed by atoms with E-state index in [2.05, 4.69) is 20.7 Å². The van der Waals surface area contributed by atoms with Crippen LogP contribution >= 0.6 is 0 Å². The molecule has 2 aliphatic rings. The van der Waals surface area contributed by atoms with Crippen molar-refractivity contribution in [3.63, 3.8) is 0 Å². The number of nitrogens with zero attached hydrogens (tertiary/aromatic N) is 3. The second-order valence-corrected chi connectivity index (χ2v) is 8.58. The Morgan fingerprint density at radius 3 is 3.10 bits per heavy atom. The first-order chi connectivity index (χ1) is 14.9. The second-order valence-electron chi connectivity index (χ2n) is 8.58. The lowest BCUT2D eigenvalue weighted by molar-refractivity contribution is -0.119. The molecule has 0 radical (unpaired) electrons. The molecule has 0 bridgehead atoms. The predicted molar refractivity (Wildman–Crippen MR) is 112 cm³/mol. The van der Waals surface area contributed by atoms with Gasteiger partial charge >= 0.3 is 0 Å². The topological polar surface area (TPSA) is 107 Å². The van der Waals surface area contributed by atoms with Crippen molar-refractivity contribution >= 4 is 23.1 Å². The molecule has 9 heteroatoms. The molecule has 0 aliphatic carbocycles. The van der Waals surface area contributed by atoms with Crippen LogP contribution in [0, 0.1) is 5.92 Å². The van der Waals surface area contributed by atoms with Crippen molar-refractivity contribution in [1.82, 2.24) is 19.9 Å². The molecule has 1 saturated heterocycles. The van der Waals surface area contributed by atoms with Gasteiger partial charge in [0.2, 0.25) is 5.91 Å². The van der Waals surface area contributed by atoms with Gasteiger partial charge in [0.1, 0.15) is 22.7 Å². The number of carbonyl (C=O) groups is 2. The van der Waals surface area contributed by atoms with Crippen molar-refractivity contribution in [3.05, 3.63) is 47.9 Å². The predicted octanol–water partition coefficient (Wildman–Crippen LogP) is 2.21. The van der Waals surface area contributed by atoms with Gasteiger partial charge in [-0.2, -0.15) is 5.10 Å². The van der Waals surface area contributed by atoms with E-state index in [0.29, 0.717) is 42.2 Å². The lowest BCUT2D eigenvalue weighted by Crippen LogP contribution is -2.24. The Balaban J connectivity index is 1.43. The Morgan fingerprint density at radius 1 is 1.42 bits per heavy atom. The summed E-state index contributed by atoms with van der Waals surface area (Å²) in [7, 11) is 0. The largest absolute Gasteiger partial charge is 0.491 e. The monoisotopic (exact) mass is 421 g/mol. The summed E-state index contributed by atoms with van der Waals surface area (Å²) in [6.07, 6.45) is 6.01. The molecule has 5 rings (SSSR count). The summed E-state index contributed by atoms with van der Waals surface area (Å²) < 4.78 is 13.6. The number of ether oxygens (including phenoxy) is 2. The highest BCUT2D eigenvalue weighted by molar-refractivity contribution is 6.08. The number of aromatic nitrogens is 3. The fourth-order valence-electron chi connectivity index (χ4n) is 4.02. The van der Waals surface area contributed by atoms with Crippen LogP contribution in [-0.2, 0) is 11.2 Å². The summed E-state index contributed by atoms with van der Waals surface area (Å²) in [5.41, 5.74) is 2.08. The van der Waals surface area contributed by atoms with E-state index in [9.17, 15) is 9.59 Å². The molecule has 2 amide bonds. The van der Waals surface area contributed by atoms with E-state index < -0.39 is 0 Å². The van der Waals surface area contributed by atoms with E-state index in [0.717, 1.165) is 17.7 Å². The molecule has 4 heterocycles. The number of rotatable bonds is 5. The summed E-state index contributed by atoms with van der Waals surface area (Å²) in [5.74, 6) is 1.05. The van der Waals surface area contributed by atoms with Gasteiger partial charge in [0, 0.05) is 49.3 Å². The van der Waals surface area contributed by atoms with Crippen LogP contribution in [0.1, 0.15) is 36.2 Å². The van der Waals surface area contributed by atoms with Gasteiger partial charge in [-0.25, -0.2) is 9.50 Å². The Labute approximate surface area is 178 Å². The van der Waals surface area contributed by atoms with Crippen molar-refractivity contribution in [2.45, 2.75) is 32.3 Å². The van der Waals surface area contributed by atoms with Gasteiger partial charge in [-0.15, -0.1) is 0 Å². The number of hydrogen-bond acceptors (Lipinski definition) is 6. The van der Waals surface area contributed by atoms with Crippen LogP contribution in [-0.4, -0.2) is 45.2 Å². The number of amides is 2. The third-order valence-corrected chi connectivity index (χ3v) is 5.47. The molecule has 1 aromatic carbocycles. The van der Waals surface area contributed by atoms with Crippen LogP contribution in [0.15, 0.2) is 36.8 Å².